The lowest BCUT2D eigenvalue weighted by Gasteiger charge is -2.25. The molecule has 1 saturated carbocycles. The predicted octanol–water partition coefficient (Wildman–Crippen LogP) is 1.88. The van der Waals surface area contributed by atoms with Gasteiger partial charge in [-0.15, -0.1) is 10.2 Å². The summed E-state index contributed by atoms with van der Waals surface area (Å²) < 4.78 is 0. The molecule has 2 rings (SSSR count). The second kappa shape index (κ2) is 4.90. The maximum Gasteiger partial charge on any atom is 0.203 e. The van der Waals surface area contributed by atoms with E-state index in [1.54, 1.807) is 0 Å². The van der Waals surface area contributed by atoms with Crippen LogP contribution in [0.5, 0.6) is 0 Å². The summed E-state index contributed by atoms with van der Waals surface area (Å²) in [6, 6.07) is 0.750. The number of hydrogen-bond acceptors (Lipinski definition) is 5. The van der Waals surface area contributed by atoms with Crippen LogP contribution in [0.25, 0.3) is 0 Å². The van der Waals surface area contributed by atoms with Crippen LogP contribution in [0.1, 0.15) is 37.6 Å². The molecule has 0 saturated heterocycles. The molecule has 0 spiro atoms. The second-order valence-electron chi connectivity index (χ2n) is 4.04. The van der Waals surface area contributed by atoms with E-state index >= 15 is 0 Å². The Bertz CT molecular complexity index is 306. The molecule has 0 aromatic carbocycles. The van der Waals surface area contributed by atoms with Gasteiger partial charge >= 0.3 is 0 Å². The van der Waals surface area contributed by atoms with Crippen molar-refractivity contribution in [3.8, 4) is 0 Å². The molecule has 15 heavy (non-hydrogen) atoms. The Labute approximate surface area is 94.5 Å². The average molecular weight is 226 g/mol. The lowest BCUT2D eigenvalue weighted by Crippen LogP contribution is -2.32. The van der Waals surface area contributed by atoms with E-state index in [-0.39, 0.29) is 0 Å². The average Bonchev–Trinajstić information content (AvgIpc) is 2.85. The van der Waals surface area contributed by atoms with E-state index < -0.39 is 0 Å². The third-order valence-electron chi connectivity index (χ3n) is 3.07. The normalized spacial score (nSPS) is 17.7. The van der Waals surface area contributed by atoms with Gasteiger partial charge in [-0.25, -0.2) is 0 Å². The summed E-state index contributed by atoms with van der Waals surface area (Å²) in [5.74, 6) is 0. The molecule has 0 aliphatic heterocycles. The van der Waals surface area contributed by atoms with Crippen molar-refractivity contribution in [3.05, 3.63) is 5.01 Å². The third kappa shape index (κ3) is 2.66. The van der Waals surface area contributed by atoms with Gasteiger partial charge in [-0.2, -0.15) is 0 Å². The highest BCUT2D eigenvalue weighted by molar-refractivity contribution is 7.15. The van der Waals surface area contributed by atoms with Crippen LogP contribution < -0.4 is 5.73 Å². The van der Waals surface area contributed by atoms with Crippen LogP contribution in [0.4, 0.5) is 5.13 Å². The molecular formula is C10H18N4S. The van der Waals surface area contributed by atoms with Crippen LogP contribution in [0.3, 0.4) is 0 Å². The number of aromatic nitrogens is 2. The van der Waals surface area contributed by atoms with Gasteiger partial charge < -0.3 is 5.73 Å². The van der Waals surface area contributed by atoms with Crippen molar-refractivity contribution in [2.24, 2.45) is 0 Å². The van der Waals surface area contributed by atoms with E-state index in [9.17, 15) is 0 Å². The number of nitrogens with zero attached hydrogens (tertiary/aromatic N) is 3. The van der Waals surface area contributed by atoms with Gasteiger partial charge in [-0.05, 0) is 19.4 Å². The first-order chi connectivity index (χ1) is 7.29. The molecule has 1 fully saturated rings. The zero-order valence-electron chi connectivity index (χ0n) is 9.15. The number of nitrogens with two attached hydrogens (primary N) is 1. The molecule has 0 unspecified atom stereocenters. The van der Waals surface area contributed by atoms with Crippen molar-refractivity contribution in [2.75, 3.05) is 12.3 Å². The fraction of sp³-hybridized carbons (Fsp3) is 0.800. The minimum absolute atomic E-state index is 0.576. The van der Waals surface area contributed by atoms with Crippen LogP contribution >= 0.6 is 11.3 Å². The van der Waals surface area contributed by atoms with E-state index in [0.717, 1.165) is 24.1 Å². The third-order valence-corrected chi connectivity index (χ3v) is 3.81. The van der Waals surface area contributed by atoms with Gasteiger partial charge in [0.1, 0.15) is 5.01 Å². The van der Waals surface area contributed by atoms with Crippen LogP contribution in [0.2, 0.25) is 0 Å². The van der Waals surface area contributed by atoms with Crippen molar-refractivity contribution >= 4 is 16.5 Å². The fourth-order valence-electron chi connectivity index (χ4n) is 2.27. The Kier molecular flexibility index (Phi) is 3.53. The molecule has 1 heterocycles. The van der Waals surface area contributed by atoms with Crippen LogP contribution in [0, 0.1) is 0 Å². The summed E-state index contributed by atoms with van der Waals surface area (Å²) in [7, 11) is 0. The molecule has 0 bridgehead atoms. The molecule has 1 aromatic heterocycles. The first kappa shape index (κ1) is 10.8. The van der Waals surface area contributed by atoms with Gasteiger partial charge in [0.25, 0.3) is 0 Å². The lowest BCUT2D eigenvalue weighted by molar-refractivity contribution is 0.199. The number of nitrogen functional groups attached to an aromatic ring is 1. The summed E-state index contributed by atoms with van der Waals surface area (Å²) in [6.07, 6.45) is 5.42. The zero-order chi connectivity index (χ0) is 10.7. The molecule has 0 atom stereocenters. The predicted molar refractivity (Wildman–Crippen MR) is 62.7 cm³/mol. The first-order valence-corrected chi connectivity index (χ1v) is 6.43. The Morgan fingerprint density at radius 2 is 2.13 bits per heavy atom. The standard InChI is InChI=1S/C10H18N4S/c1-2-14(8-5-3-4-6-8)7-9-12-13-10(11)15-9/h8H,2-7H2,1H3,(H2,11,13). The summed E-state index contributed by atoms with van der Waals surface area (Å²) in [6.45, 7) is 4.21. The second-order valence-corrected chi connectivity index (χ2v) is 5.13. The summed E-state index contributed by atoms with van der Waals surface area (Å²) in [5, 5.41) is 9.55. The van der Waals surface area contributed by atoms with Crippen LogP contribution in [-0.4, -0.2) is 27.7 Å². The van der Waals surface area contributed by atoms with E-state index in [1.807, 2.05) is 0 Å². The quantitative estimate of drug-likeness (QED) is 0.851. The van der Waals surface area contributed by atoms with Crippen molar-refractivity contribution in [3.63, 3.8) is 0 Å². The van der Waals surface area contributed by atoms with Crippen molar-refractivity contribution in [2.45, 2.75) is 45.2 Å². The molecule has 0 amide bonds. The van der Waals surface area contributed by atoms with Gasteiger partial charge in [-0.1, -0.05) is 31.1 Å². The number of hydrogen-bond donors (Lipinski definition) is 1. The highest BCUT2D eigenvalue weighted by Gasteiger charge is 2.22. The molecule has 1 aliphatic rings. The van der Waals surface area contributed by atoms with E-state index in [2.05, 4.69) is 22.0 Å². The highest BCUT2D eigenvalue weighted by Crippen LogP contribution is 2.25. The minimum Gasteiger partial charge on any atom is -0.374 e. The molecule has 84 valence electrons. The monoisotopic (exact) mass is 226 g/mol. The largest absolute Gasteiger partial charge is 0.374 e. The number of anilines is 1. The van der Waals surface area contributed by atoms with Crippen LogP contribution in [-0.2, 0) is 6.54 Å². The van der Waals surface area contributed by atoms with Crippen molar-refractivity contribution < 1.29 is 0 Å². The molecule has 4 nitrogen and oxygen atoms in total. The molecule has 0 radical (unpaired) electrons. The Hall–Kier alpha value is -0.680. The topological polar surface area (TPSA) is 55.0 Å². The maximum absolute atomic E-state index is 5.58. The van der Waals surface area contributed by atoms with Crippen molar-refractivity contribution in [1.29, 1.82) is 0 Å². The van der Waals surface area contributed by atoms with E-state index in [0.29, 0.717) is 5.13 Å². The SMILES string of the molecule is CCN(Cc1nnc(N)s1)C1CCCC1. The molecule has 1 aromatic rings. The molecule has 1 aliphatic carbocycles. The number of rotatable bonds is 4. The Balaban J connectivity index is 1.95. The van der Waals surface area contributed by atoms with E-state index in [1.165, 1.54) is 37.0 Å². The fourth-order valence-corrected chi connectivity index (χ4v) is 2.91. The molecule has 5 heteroatoms. The highest BCUT2D eigenvalue weighted by atomic mass is 32.1. The van der Waals surface area contributed by atoms with Gasteiger partial charge in [0, 0.05) is 6.04 Å². The lowest BCUT2D eigenvalue weighted by atomic mass is 10.2. The van der Waals surface area contributed by atoms with Gasteiger partial charge in [-0.3, -0.25) is 4.90 Å². The summed E-state index contributed by atoms with van der Waals surface area (Å²) >= 11 is 1.50. The molecular weight excluding hydrogens is 208 g/mol. The summed E-state index contributed by atoms with van der Waals surface area (Å²) in [4.78, 5) is 2.49. The zero-order valence-corrected chi connectivity index (χ0v) is 9.96. The molecule has 2 N–H and O–H groups in total. The van der Waals surface area contributed by atoms with Crippen molar-refractivity contribution in [1.82, 2.24) is 15.1 Å². The van der Waals surface area contributed by atoms with Gasteiger partial charge in [0.2, 0.25) is 5.13 Å². The smallest absolute Gasteiger partial charge is 0.203 e. The first-order valence-electron chi connectivity index (χ1n) is 5.61. The Morgan fingerprint density at radius 1 is 1.40 bits per heavy atom. The minimum atomic E-state index is 0.576. The summed E-state index contributed by atoms with van der Waals surface area (Å²) in [5.41, 5.74) is 5.58. The van der Waals surface area contributed by atoms with Crippen LogP contribution in [0.15, 0.2) is 0 Å². The Morgan fingerprint density at radius 3 is 2.67 bits per heavy atom. The van der Waals surface area contributed by atoms with E-state index in [4.69, 9.17) is 5.73 Å². The van der Waals surface area contributed by atoms with Gasteiger partial charge in [0.05, 0.1) is 6.54 Å². The maximum atomic E-state index is 5.58. The van der Waals surface area contributed by atoms with Gasteiger partial charge in [0.15, 0.2) is 0 Å².